The number of hydrogen-bond donors (Lipinski definition) is 2. The fraction of sp³-hybridized carbons (Fsp3) is 0.167. The van der Waals surface area contributed by atoms with Gasteiger partial charge in [0.2, 0.25) is 5.91 Å². The van der Waals surface area contributed by atoms with Crippen molar-refractivity contribution in [2.24, 2.45) is 11.6 Å². The van der Waals surface area contributed by atoms with E-state index in [-0.39, 0.29) is 5.91 Å². The number of halogens is 1. The van der Waals surface area contributed by atoms with Crippen molar-refractivity contribution in [2.75, 3.05) is 11.4 Å². The largest absolute Gasteiger partial charge is 0.397 e. The van der Waals surface area contributed by atoms with Crippen LogP contribution in [-0.4, -0.2) is 21.1 Å². The normalized spacial score (nSPS) is 14.9. The van der Waals surface area contributed by atoms with Crippen LogP contribution in [0.15, 0.2) is 58.0 Å². The lowest BCUT2D eigenvalue weighted by atomic mass is 10.2. The van der Waals surface area contributed by atoms with E-state index >= 15 is 0 Å². The van der Waals surface area contributed by atoms with E-state index in [4.69, 9.17) is 11.6 Å². The summed E-state index contributed by atoms with van der Waals surface area (Å²) in [5, 5.41) is 0. The molecule has 4 N–H and O–H groups in total. The average molecular weight is 435 g/mol. The molecule has 1 amide bonds. The summed E-state index contributed by atoms with van der Waals surface area (Å²) in [6.45, 7) is 2.15. The summed E-state index contributed by atoms with van der Waals surface area (Å²) in [6, 6.07) is 12.9. The van der Waals surface area contributed by atoms with Gasteiger partial charge in [-0.1, -0.05) is 30.3 Å². The minimum absolute atomic E-state index is 0.0411. The van der Waals surface area contributed by atoms with E-state index in [1.807, 2.05) is 36.4 Å². The molecule has 136 valence electrons. The molecule has 1 aliphatic rings. The molecule has 1 heterocycles. The Hall–Kier alpha value is -2.16. The van der Waals surface area contributed by atoms with Gasteiger partial charge in [0, 0.05) is 23.6 Å². The number of hydrazine groups is 1. The molecular formula is C18H19BrN4O2S. The lowest BCUT2D eigenvalue weighted by Gasteiger charge is -2.19. The van der Waals surface area contributed by atoms with Gasteiger partial charge in [0.15, 0.2) is 11.0 Å². The number of rotatable bonds is 4. The van der Waals surface area contributed by atoms with Crippen LogP contribution in [0, 0.1) is 0 Å². The van der Waals surface area contributed by atoms with Crippen LogP contribution in [0.2, 0.25) is 0 Å². The highest BCUT2D eigenvalue weighted by molar-refractivity contribution is 9.10. The zero-order valence-corrected chi connectivity index (χ0v) is 16.6. The third kappa shape index (κ3) is 3.67. The number of nitrogens with two attached hydrogens (primary N) is 2. The molecule has 1 aliphatic heterocycles. The second-order valence-corrected chi connectivity index (χ2v) is 8.11. The van der Waals surface area contributed by atoms with Gasteiger partial charge in [-0.05, 0) is 45.6 Å². The van der Waals surface area contributed by atoms with Crippen molar-refractivity contribution in [1.29, 1.82) is 0 Å². The third-order valence-electron chi connectivity index (χ3n) is 4.16. The molecule has 0 spiro atoms. The molecule has 0 saturated carbocycles. The van der Waals surface area contributed by atoms with Gasteiger partial charge < -0.3 is 10.6 Å². The number of carbonyl (C=O) groups is 1. The van der Waals surface area contributed by atoms with Gasteiger partial charge in [-0.2, -0.15) is 0 Å². The van der Waals surface area contributed by atoms with Crippen LogP contribution >= 0.6 is 15.9 Å². The van der Waals surface area contributed by atoms with Crippen molar-refractivity contribution >= 4 is 44.2 Å². The zero-order valence-electron chi connectivity index (χ0n) is 14.2. The number of fused-ring (bicyclic) bond motifs is 1. The molecular weight excluding hydrogens is 416 g/mol. The zero-order chi connectivity index (χ0) is 18.8. The lowest BCUT2D eigenvalue weighted by molar-refractivity contribution is -0.116. The molecule has 1 atom stereocenters. The Kier molecular flexibility index (Phi) is 5.45. The molecule has 8 heteroatoms. The first-order chi connectivity index (χ1) is 12.4. The first-order valence-corrected chi connectivity index (χ1v) is 9.87. The summed E-state index contributed by atoms with van der Waals surface area (Å²) in [6.07, 6.45) is 2.21. The van der Waals surface area contributed by atoms with Gasteiger partial charge in [-0.15, -0.1) is 0 Å². The molecule has 1 unspecified atom stereocenters. The minimum Gasteiger partial charge on any atom is -0.397 e. The summed E-state index contributed by atoms with van der Waals surface area (Å²) < 4.78 is 14.6. The van der Waals surface area contributed by atoms with Gasteiger partial charge in [0.1, 0.15) is 0 Å². The Morgan fingerprint density at radius 3 is 2.65 bits per heavy atom. The SMILES string of the molecule is CC(=O)N1CCc2cc(Br)c(S(=O)N(N)/C=C(\N)c3ccccc3)cc21. The maximum atomic E-state index is 12.9. The first kappa shape index (κ1) is 18.6. The molecule has 0 aliphatic carbocycles. The van der Waals surface area contributed by atoms with Crippen LogP contribution in [0.1, 0.15) is 18.1 Å². The molecule has 26 heavy (non-hydrogen) atoms. The number of amides is 1. The number of anilines is 1. The van der Waals surface area contributed by atoms with Crippen LogP contribution in [0.3, 0.4) is 0 Å². The van der Waals surface area contributed by atoms with Crippen molar-refractivity contribution < 1.29 is 9.00 Å². The van der Waals surface area contributed by atoms with E-state index in [2.05, 4.69) is 15.9 Å². The molecule has 0 saturated heterocycles. The first-order valence-electron chi connectivity index (χ1n) is 7.97. The Labute approximate surface area is 163 Å². The summed E-state index contributed by atoms with van der Waals surface area (Å²) in [5.41, 5.74) is 9.05. The van der Waals surface area contributed by atoms with Gasteiger partial charge in [-0.3, -0.25) is 4.79 Å². The molecule has 2 aromatic rings. The number of benzene rings is 2. The summed E-state index contributed by atoms with van der Waals surface area (Å²) in [7, 11) is -1.68. The van der Waals surface area contributed by atoms with Crippen molar-refractivity contribution in [1.82, 2.24) is 4.41 Å². The number of carbonyl (C=O) groups excluding carboxylic acids is 1. The van der Waals surface area contributed by atoms with Gasteiger partial charge in [0.25, 0.3) is 0 Å². The fourth-order valence-electron chi connectivity index (χ4n) is 2.85. The summed E-state index contributed by atoms with van der Waals surface area (Å²) in [4.78, 5) is 13.9. The van der Waals surface area contributed by atoms with E-state index in [0.717, 1.165) is 27.6 Å². The minimum atomic E-state index is -1.68. The summed E-state index contributed by atoms with van der Waals surface area (Å²) in [5.74, 6) is 5.93. The van der Waals surface area contributed by atoms with Crippen LogP contribution < -0.4 is 16.5 Å². The quantitative estimate of drug-likeness (QED) is 0.570. The van der Waals surface area contributed by atoms with E-state index in [1.165, 1.54) is 13.1 Å². The second kappa shape index (κ2) is 7.61. The Morgan fingerprint density at radius 2 is 2.00 bits per heavy atom. The molecule has 0 bridgehead atoms. The molecule has 2 aromatic carbocycles. The topological polar surface area (TPSA) is 92.7 Å². The third-order valence-corrected chi connectivity index (χ3v) is 6.28. The van der Waals surface area contributed by atoms with Crippen LogP contribution in [0.25, 0.3) is 5.70 Å². The van der Waals surface area contributed by atoms with E-state index in [1.54, 1.807) is 11.0 Å². The van der Waals surface area contributed by atoms with Crippen molar-refractivity contribution in [3.63, 3.8) is 0 Å². The molecule has 0 aromatic heterocycles. The number of nitrogens with zero attached hydrogens (tertiary/aromatic N) is 2. The van der Waals surface area contributed by atoms with Crippen molar-refractivity contribution in [2.45, 2.75) is 18.2 Å². The molecule has 3 rings (SSSR count). The van der Waals surface area contributed by atoms with Crippen LogP contribution in [0.5, 0.6) is 0 Å². The monoisotopic (exact) mass is 434 g/mol. The average Bonchev–Trinajstić information content (AvgIpc) is 3.03. The molecule has 0 radical (unpaired) electrons. The predicted molar refractivity (Wildman–Crippen MR) is 107 cm³/mol. The highest BCUT2D eigenvalue weighted by atomic mass is 79.9. The summed E-state index contributed by atoms with van der Waals surface area (Å²) >= 11 is 3.46. The second-order valence-electron chi connectivity index (χ2n) is 5.89. The highest BCUT2D eigenvalue weighted by Crippen LogP contribution is 2.35. The Morgan fingerprint density at radius 1 is 1.31 bits per heavy atom. The van der Waals surface area contributed by atoms with E-state index in [9.17, 15) is 9.00 Å². The van der Waals surface area contributed by atoms with Crippen molar-refractivity contribution in [3.05, 3.63) is 64.3 Å². The van der Waals surface area contributed by atoms with Crippen molar-refractivity contribution in [3.8, 4) is 0 Å². The van der Waals surface area contributed by atoms with Crippen LogP contribution in [0.4, 0.5) is 5.69 Å². The maximum absolute atomic E-state index is 12.9. The standard InChI is InChI=1S/C18H19BrN4O2S/c1-12(24)22-8-7-14-9-15(19)18(10-17(14)22)26(25)23(21)11-16(20)13-5-3-2-4-6-13/h2-6,9-11H,7-8,20-21H2,1H3/b16-11-. The Balaban J connectivity index is 1.90. The smallest absolute Gasteiger partial charge is 0.223 e. The maximum Gasteiger partial charge on any atom is 0.223 e. The molecule has 0 fully saturated rings. The van der Waals surface area contributed by atoms with E-state index < -0.39 is 11.0 Å². The highest BCUT2D eigenvalue weighted by Gasteiger charge is 2.25. The van der Waals surface area contributed by atoms with Gasteiger partial charge in [-0.25, -0.2) is 14.5 Å². The van der Waals surface area contributed by atoms with Gasteiger partial charge in [0.05, 0.1) is 16.8 Å². The molecule has 6 nitrogen and oxygen atoms in total. The lowest BCUT2D eigenvalue weighted by Crippen LogP contribution is -2.29. The van der Waals surface area contributed by atoms with Gasteiger partial charge >= 0.3 is 0 Å². The number of hydrogen-bond acceptors (Lipinski definition) is 4. The van der Waals surface area contributed by atoms with Crippen LogP contribution in [-0.2, 0) is 22.2 Å². The Bertz CT molecular complexity index is 902. The predicted octanol–water partition coefficient (Wildman–Crippen LogP) is 2.51. The fourth-order valence-corrected chi connectivity index (χ4v) is 4.53. The van der Waals surface area contributed by atoms with E-state index in [0.29, 0.717) is 21.6 Å².